The van der Waals surface area contributed by atoms with Gasteiger partial charge in [-0.25, -0.2) is 13.2 Å². The number of carbonyl (C=O) groups excluding carboxylic acids is 3. The quantitative estimate of drug-likeness (QED) is 0.558. The van der Waals surface area contributed by atoms with Crippen molar-refractivity contribution in [3.63, 3.8) is 0 Å². The van der Waals surface area contributed by atoms with Gasteiger partial charge in [-0.3, -0.25) is 19.4 Å². The van der Waals surface area contributed by atoms with Gasteiger partial charge in [-0.1, -0.05) is 11.6 Å². The number of aromatic nitrogens is 1. The van der Waals surface area contributed by atoms with Crippen LogP contribution in [0.4, 0.5) is 18.9 Å². The second kappa shape index (κ2) is 9.80. The third-order valence-electron chi connectivity index (χ3n) is 8.54. The zero-order chi connectivity index (χ0) is 27.5. The Balaban J connectivity index is 1.10. The lowest BCUT2D eigenvalue weighted by Crippen LogP contribution is -2.65. The van der Waals surface area contributed by atoms with Crippen LogP contribution in [-0.4, -0.2) is 53.3 Å². The number of amides is 3. The summed E-state index contributed by atoms with van der Waals surface area (Å²) in [5.41, 5.74) is -0.371. The smallest absolute Gasteiger partial charge is 0.281 e. The van der Waals surface area contributed by atoms with Crippen molar-refractivity contribution in [1.82, 2.24) is 15.2 Å². The molecule has 39 heavy (non-hydrogen) atoms. The molecule has 1 aromatic carbocycles. The van der Waals surface area contributed by atoms with Gasteiger partial charge in [0.1, 0.15) is 16.9 Å². The molecule has 0 atom stereocenters. The van der Waals surface area contributed by atoms with Gasteiger partial charge in [-0.15, -0.1) is 0 Å². The van der Waals surface area contributed by atoms with Crippen LogP contribution in [0.3, 0.4) is 0 Å². The summed E-state index contributed by atoms with van der Waals surface area (Å²) < 4.78 is 40.9. The fraction of sp³-hybridized carbons (Fsp3) is 0.500. The van der Waals surface area contributed by atoms with Crippen LogP contribution in [0.2, 0.25) is 5.02 Å². The third kappa shape index (κ3) is 4.66. The van der Waals surface area contributed by atoms with Crippen LogP contribution >= 0.6 is 11.6 Å². The topological polar surface area (TPSA) is 82.6 Å². The summed E-state index contributed by atoms with van der Waals surface area (Å²) in [5.74, 6) is -0.827. The predicted octanol–water partition coefficient (Wildman–Crippen LogP) is 4.64. The number of anilines is 1. The largest absolute Gasteiger partial charge is 0.349 e. The maximum Gasteiger partial charge on any atom is 0.281 e. The highest BCUT2D eigenvalue weighted by Crippen LogP contribution is 2.49. The number of alkyl halides is 2. The van der Waals surface area contributed by atoms with E-state index in [0.29, 0.717) is 30.6 Å². The molecule has 206 valence electrons. The van der Waals surface area contributed by atoms with Crippen LogP contribution in [-0.2, 0) is 15.0 Å². The third-order valence-corrected chi connectivity index (χ3v) is 8.75. The van der Waals surface area contributed by atoms with Crippen LogP contribution in [0.25, 0.3) is 0 Å². The number of rotatable bonds is 6. The van der Waals surface area contributed by atoms with Crippen molar-refractivity contribution in [2.75, 3.05) is 24.5 Å². The van der Waals surface area contributed by atoms with E-state index in [1.807, 2.05) is 0 Å². The van der Waals surface area contributed by atoms with Crippen LogP contribution in [0.15, 0.2) is 30.5 Å². The van der Waals surface area contributed by atoms with Crippen LogP contribution < -0.4 is 10.2 Å². The summed E-state index contributed by atoms with van der Waals surface area (Å²) in [5, 5.41) is 2.94. The van der Waals surface area contributed by atoms with Gasteiger partial charge < -0.3 is 15.1 Å². The predicted molar refractivity (Wildman–Crippen MR) is 137 cm³/mol. The summed E-state index contributed by atoms with van der Waals surface area (Å²) in [6.07, 6.45) is 2.67. The van der Waals surface area contributed by atoms with Crippen molar-refractivity contribution >= 4 is 35.0 Å². The van der Waals surface area contributed by atoms with Gasteiger partial charge in [-0.05, 0) is 74.3 Å². The van der Waals surface area contributed by atoms with Crippen molar-refractivity contribution in [3.8, 4) is 0 Å². The number of carbonyl (C=O) groups is 3. The second-order valence-electron chi connectivity index (χ2n) is 11.2. The lowest BCUT2D eigenvalue weighted by Gasteiger charge is -2.47. The molecule has 4 aliphatic rings. The van der Waals surface area contributed by atoms with E-state index in [-0.39, 0.29) is 53.4 Å². The Labute approximate surface area is 228 Å². The molecular formula is C28H28ClF3N4O3. The Morgan fingerprint density at radius 1 is 1.10 bits per heavy atom. The minimum absolute atomic E-state index is 0.0646. The Hall–Kier alpha value is -3.14. The molecule has 3 amide bonds. The Bertz CT molecular complexity index is 1340. The monoisotopic (exact) mass is 560 g/mol. The average Bonchev–Trinajstić information content (AvgIpc) is 3.70. The van der Waals surface area contributed by atoms with E-state index in [4.69, 9.17) is 11.6 Å². The summed E-state index contributed by atoms with van der Waals surface area (Å²) >= 11 is 5.88. The van der Waals surface area contributed by atoms with Gasteiger partial charge in [0.15, 0.2) is 0 Å². The Kier molecular flexibility index (Phi) is 6.56. The molecule has 3 heterocycles. The number of hydrogen-bond acceptors (Lipinski definition) is 4. The molecule has 1 spiro atoms. The minimum Gasteiger partial charge on any atom is -0.349 e. The normalized spacial score (nSPS) is 23.7. The number of hydrogen-bond donors (Lipinski definition) is 1. The van der Waals surface area contributed by atoms with Gasteiger partial charge in [0.25, 0.3) is 12.3 Å². The zero-order valence-electron chi connectivity index (χ0n) is 21.1. The lowest BCUT2D eigenvalue weighted by atomic mass is 9.74. The molecule has 3 fully saturated rings. The lowest BCUT2D eigenvalue weighted by molar-refractivity contribution is -0.145. The zero-order valence-corrected chi connectivity index (χ0v) is 21.9. The molecule has 0 radical (unpaired) electrons. The average molecular weight is 561 g/mol. The molecule has 6 rings (SSSR count). The number of nitrogens with one attached hydrogen (secondary N) is 1. The highest BCUT2D eigenvalue weighted by molar-refractivity contribution is 6.30. The van der Waals surface area contributed by atoms with Gasteiger partial charge in [0.2, 0.25) is 11.8 Å². The maximum atomic E-state index is 14.2. The molecule has 11 heteroatoms. The molecule has 2 aromatic rings. The Morgan fingerprint density at radius 3 is 2.49 bits per heavy atom. The summed E-state index contributed by atoms with van der Waals surface area (Å²) in [7, 11) is 0. The maximum absolute atomic E-state index is 14.2. The van der Waals surface area contributed by atoms with Crippen molar-refractivity contribution in [1.29, 1.82) is 0 Å². The van der Waals surface area contributed by atoms with E-state index in [2.05, 4.69) is 10.3 Å². The van der Waals surface area contributed by atoms with Gasteiger partial charge in [0, 0.05) is 43.5 Å². The van der Waals surface area contributed by atoms with Crippen LogP contribution in [0, 0.1) is 17.7 Å². The number of halogens is 4. The minimum atomic E-state index is -2.90. The number of pyridine rings is 1. The SMILES string of the molecule is O=C(NC1CCC(CN2C(=O)C3(CN(C(=O)C4CC4)C3)c3cc(F)ccc32)CC1)c1cc(Cl)cnc1C(F)F. The molecular weight excluding hydrogens is 533 g/mol. The first-order valence-corrected chi connectivity index (χ1v) is 13.7. The van der Waals surface area contributed by atoms with Gasteiger partial charge in [-0.2, -0.15) is 0 Å². The summed E-state index contributed by atoms with van der Waals surface area (Å²) in [6.45, 7) is 1.03. The standard InChI is InChI=1S/C28H28ClF3N4O3/c29-17-9-20(23(24(31)32)33-11-17)25(37)34-19-6-1-15(2-7-19)12-36-22-8-5-18(30)10-21(22)28(27(36)39)13-35(14-28)26(38)16-3-4-16/h5,8-11,15-16,19,24H,1-4,6-7,12-14H2,(H,34,37). The van der Waals surface area contributed by atoms with Gasteiger partial charge >= 0.3 is 0 Å². The highest BCUT2D eigenvalue weighted by atomic mass is 35.5. The number of fused-ring (bicyclic) bond motifs is 2. The van der Waals surface area contributed by atoms with E-state index in [1.54, 1.807) is 15.9 Å². The number of benzene rings is 1. The molecule has 2 saturated carbocycles. The van der Waals surface area contributed by atoms with E-state index >= 15 is 0 Å². The Morgan fingerprint density at radius 2 is 1.82 bits per heavy atom. The van der Waals surface area contributed by atoms with E-state index < -0.39 is 29.3 Å². The number of likely N-dealkylation sites (tertiary alicyclic amines) is 1. The molecule has 0 unspecified atom stereocenters. The second-order valence-corrected chi connectivity index (χ2v) is 11.6. The first-order chi connectivity index (χ1) is 18.7. The van der Waals surface area contributed by atoms with Crippen molar-refractivity contribution in [2.24, 2.45) is 11.8 Å². The molecule has 2 aliphatic carbocycles. The number of nitrogens with zero attached hydrogens (tertiary/aromatic N) is 3. The molecule has 0 bridgehead atoms. The van der Waals surface area contributed by atoms with E-state index in [9.17, 15) is 27.6 Å². The van der Waals surface area contributed by atoms with Crippen LogP contribution in [0.1, 0.15) is 66.6 Å². The summed E-state index contributed by atoms with van der Waals surface area (Å²) in [6, 6.07) is 5.43. The van der Waals surface area contributed by atoms with E-state index in [0.717, 1.165) is 31.9 Å². The molecule has 1 N–H and O–H groups in total. The fourth-order valence-electron chi connectivity index (χ4n) is 6.26. The fourth-order valence-corrected chi connectivity index (χ4v) is 6.42. The van der Waals surface area contributed by atoms with E-state index in [1.165, 1.54) is 18.2 Å². The molecule has 1 saturated heterocycles. The van der Waals surface area contributed by atoms with Gasteiger partial charge in [0.05, 0.1) is 10.6 Å². The first kappa shape index (κ1) is 26.1. The molecule has 2 aliphatic heterocycles. The van der Waals surface area contributed by atoms with Crippen molar-refractivity contribution in [3.05, 3.63) is 58.1 Å². The molecule has 7 nitrogen and oxygen atoms in total. The molecule has 1 aromatic heterocycles. The van der Waals surface area contributed by atoms with Crippen molar-refractivity contribution in [2.45, 2.75) is 56.4 Å². The van der Waals surface area contributed by atoms with Crippen molar-refractivity contribution < 1.29 is 27.6 Å². The first-order valence-electron chi connectivity index (χ1n) is 13.3. The summed E-state index contributed by atoms with van der Waals surface area (Å²) in [4.78, 5) is 46.1. The highest BCUT2D eigenvalue weighted by Gasteiger charge is 2.60. The van der Waals surface area contributed by atoms with Crippen LogP contribution in [0.5, 0.6) is 0 Å².